The van der Waals surface area contributed by atoms with Crippen LogP contribution in [0.15, 0.2) is 0 Å². The number of nitrogens with two attached hydrogens (primary N) is 1. The van der Waals surface area contributed by atoms with Gasteiger partial charge in [-0.15, -0.1) is 0 Å². The average Bonchev–Trinajstić information content (AvgIpc) is 2.30. The second-order valence-electron chi connectivity index (χ2n) is 5.22. The van der Waals surface area contributed by atoms with Crippen molar-refractivity contribution >= 4 is 5.97 Å². The standard InChI is InChI=1S/C14H29NO3/c1-6-7-8-9-17-12(5)13(10(2)3)18-14(16)11(4)15/h10-13H,6-9,15H2,1-5H3/t11-,12-,13+/m0/s1. The van der Waals surface area contributed by atoms with E-state index in [2.05, 4.69) is 6.92 Å². The largest absolute Gasteiger partial charge is 0.458 e. The Bertz CT molecular complexity index is 229. The van der Waals surface area contributed by atoms with Crippen molar-refractivity contribution in [2.75, 3.05) is 6.61 Å². The van der Waals surface area contributed by atoms with Crippen molar-refractivity contribution in [1.29, 1.82) is 0 Å². The lowest BCUT2D eigenvalue weighted by Gasteiger charge is -2.28. The Balaban J connectivity index is 4.19. The summed E-state index contributed by atoms with van der Waals surface area (Å²) in [4.78, 5) is 11.5. The minimum Gasteiger partial charge on any atom is -0.458 e. The van der Waals surface area contributed by atoms with Crippen LogP contribution in [-0.2, 0) is 14.3 Å². The molecule has 0 saturated carbocycles. The van der Waals surface area contributed by atoms with Gasteiger partial charge in [-0.3, -0.25) is 4.79 Å². The molecule has 0 aromatic rings. The SMILES string of the molecule is CCCCCO[C@@H](C)[C@H](OC(=O)[C@H](C)N)C(C)C. The fourth-order valence-electron chi connectivity index (χ4n) is 1.73. The molecule has 4 heteroatoms. The highest BCUT2D eigenvalue weighted by atomic mass is 16.6. The number of unbranched alkanes of at least 4 members (excludes halogenated alkanes) is 2. The van der Waals surface area contributed by atoms with Crippen LogP contribution in [-0.4, -0.2) is 30.8 Å². The molecule has 0 spiro atoms. The Morgan fingerprint density at radius 1 is 1.17 bits per heavy atom. The predicted molar refractivity (Wildman–Crippen MR) is 73.3 cm³/mol. The van der Waals surface area contributed by atoms with E-state index in [4.69, 9.17) is 15.2 Å². The van der Waals surface area contributed by atoms with Gasteiger partial charge in [0.2, 0.25) is 0 Å². The van der Waals surface area contributed by atoms with Gasteiger partial charge in [0.05, 0.1) is 6.10 Å². The van der Waals surface area contributed by atoms with E-state index in [-0.39, 0.29) is 24.1 Å². The van der Waals surface area contributed by atoms with Crippen molar-refractivity contribution in [1.82, 2.24) is 0 Å². The molecule has 0 aliphatic rings. The van der Waals surface area contributed by atoms with E-state index in [1.165, 1.54) is 12.8 Å². The number of esters is 1. The molecule has 0 fully saturated rings. The van der Waals surface area contributed by atoms with E-state index in [1.807, 2.05) is 20.8 Å². The van der Waals surface area contributed by atoms with Crippen molar-refractivity contribution in [2.45, 2.75) is 72.1 Å². The van der Waals surface area contributed by atoms with E-state index < -0.39 is 6.04 Å². The zero-order valence-corrected chi connectivity index (χ0v) is 12.4. The smallest absolute Gasteiger partial charge is 0.322 e. The van der Waals surface area contributed by atoms with E-state index in [0.717, 1.165) is 6.42 Å². The molecule has 0 radical (unpaired) electrons. The molecule has 4 nitrogen and oxygen atoms in total. The van der Waals surface area contributed by atoms with E-state index >= 15 is 0 Å². The van der Waals surface area contributed by atoms with Gasteiger partial charge in [0.1, 0.15) is 12.1 Å². The third-order valence-electron chi connectivity index (χ3n) is 2.87. The molecule has 0 aromatic heterocycles. The molecule has 18 heavy (non-hydrogen) atoms. The Morgan fingerprint density at radius 3 is 2.22 bits per heavy atom. The number of rotatable bonds is 9. The minimum absolute atomic E-state index is 0.0930. The van der Waals surface area contributed by atoms with Crippen molar-refractivity contribution in [3.63, 3.8) is 0 Å². The predicted octanol–water partition coefficient (Wildman–Crippen LogP) is 2.50. The number of carbonyl (C=O) groups excluding carboxylic acids is 1. The lowest BCUT2D eigenvalue weighted by atomic mass is 10.0. The van der Waals surface area contributed by atoms with Crippen LogP contribution in [0.5, 0.6) is 0 Å². The molecule has 2 N–H and O–H groups in total. The summed E-state index contributed by atoms with van der Waals surface area (Å²) in [5, 5.41) is 0. The summed E-state index contributed by atoms with van der Waals surface area (Å²) in [5.41, 5.74) is 5.51. The Morgan fingerprint density at radius 2 is 1.78 bits per heavy atom. The lowest BCUT2D eigenvalue weighted by molar-refractivity contribution is -0.162. The fraction of sp³-hybridized carbons (Fsp3) is 0.929. The van der Waals surface area contributed by atoms with E-state index in [0.29, 0.717) is 6.61 Å². The van der Waals surface area contributed by atoms with Gasteiger partial charge in [0.15, 0.2) is 0 Å². The summed E-state index contributed by atoms with van der Waals surface area (Å²) < 4.78 is 11.1. The number of ether oxygens (including phenoxy) is 2. The normalized spacial score (nSPS) is 16.4. The Labute approximate surface area is 111 Å². The topological polar surface area (TPSA) is 61.5 Å². The van der Waals surface area contributed by atoms with Crippen LogP contribution in [0.2, 0.25) is 0 Å². The highest BCUT2D eigenvalue weighted by Crippen LogP contribution is 2.15. The quantitative estimate of drug-likeness (QED) is 0.510. The highest BCUT2D eigenvalue weighted by molar-refractivity contribution is 5.75. The van der Waals surface area contributed by atoms with Crippen LogP contribution in [0.3, 0.4) is 0 Å². The maximum Gasteiger partial charge on any atom is 0.322 e. The van der Waals surface area contributed by atoms with Crippen molar-refractivity contribution in [3.8, 4) is 0 Å². The van der Waals surface area contributed by atoms with Crippen molar-refractivity contribution in [3.05, 3.63) is 0 Å². The zero-order chi connectivity index (χ0) is 14.1. The van der Waals surface area contributed by atoms with Crippen LogP contribution in [0.4, 0.5) is 0 Å². The summed E-state index contributed by atoms with van der Waals surface area (Å²) in [6.45, 7) is 10.5. The Kier molecular flexibility index (Phi) is 9.02. The lowest BCUT2D eigenvalue weighted by Crippen LogP contribution is -2.40. The second-order valence-corrected chi connectivity index (χ2v) is 5.22. The van der Waals surface area contributed by atoms with Crippen molar-refractivity contribution < 1.29 is 14.3 Å². The molecule has 0 aliphatic carbocycles. The van der Waals surface area contributed by atoms with Gasteiger partial charge < -0.3 is 15.2 Å². The molecule has 108 valence electrons. The van der Waals surface area contributed by atoms with Gasteiger partial charge in [-0.05, 0) is 26.2 Å². The Hall–Kier alpha value is -0.610. The van der Waals surface area contributed by atoms with Crippen LogP contribution in [0, 0.1) is 5.92 Å². The molecular weight excluding hydrogens is 230 g/mol. The van der Waals surface area contributed by atoms with Gasteiger partial charge in [-0.25, -0.2) is 0 Å². The number of hydrogen-bond donors (Lipinski definition) is 1. The first-order chi connectivity index (χ1) is 8.40. The summed E-state index contributed by atoms with van der Waals surface area (Å²) in [6, 6.07) is -0.585. The number of carbonyl (C=O) groups is 1. The summed E-state index contributed by atoms with van der Waals surface area (Å²) >= 11 is 0. The number of hydrogen-bond acceptors (Lipinski definition) is 4. The maximum atomic E-state index is 11.5. The third-order valence-corrected chi connectivity index (χ3v) is 2.87. The molecule has 3 atom stereocenters. The van der Waals surface area contributed by atoms with Crippen LogP contribution >= 0.6 is 0 Å². The molecule has 0 saturated heterocycles. The molecule has 0 unspecified atom stereocenters. The summed E-state index contributed by atoms with van der Waals surface area (Å²) in [6.07, 6.45) is 3.06. The van der Waals surface area contributed by atoms with Gasteiger partial charge in [-0.2, -0.15) is 0 Å². The van der Waals surface area contributed by atoms with Gasteiger partial charge in [0.25, 0.3) is 0 Å². The van der Waals surface area contributed by atoms with E-state index in [9.17, 15) is 4.79 Å². The molecule has 0 aromatic carbocycles. The first-order valence-electron chi connectivity index (χ1n) is 6.97. The zero-order valence-electron chi connectivity index (χ0n) is 12.4. The first-order valence-corrected chi connectivity index (χ1v) is 6.97. The molecule has 0 heterocycles. The highest BCUT2D eigenvalue weighted by Gasteiger charge is 2.26. The monoisotopic (exact) mass is 259 g/mol. The summed E-state index contributed by atoms with van der Waals surface area (Å²) in [7, 11) is 0. The minimum atomic E-state index is -0.585. The summed E-state index contributed by atoms with van der Waals surface area (Å²) in [5.74, 6) is -0.147. The molecular formula is C14H29NO3. The fourth-order valence-corrected chi connectivity index (χ4v) is 1.73. The van der Waals surface area contributed by atoms with Gasteiger partial charge in [-0.1, -0.05) is 33.6 Å². The van der Waals surface area contributed by atoms with Crippen LogP contribution in [0.25, 0.3) is 0 Å². The maximum absolute atomic E-state index is 11.5. The molecule has 0 rings (SSSR count). The first kappa shape index (κ1) is 17.4. The van der Waals surface area contributed by atoms with Crippen LogP contribution in [0.1, 0.15) is 53.9 Å². The average molecular weight is 259 g/mol. The molecule has 0 amide bonds. The van der Waals surface area contributed by atoms with Crippen LogP contribution < -0.4 is 5.73 Å². The van der Waals surface area contributed by atoms with Gasteiger partial charge in [0, 0.05) is 6.61 Å². The van der Waals surface area contributed by atoms with Gasteiger partial charge >= 0.3 is 5.97 Å². The third kappa shape index (κ3) is 6.97. The van der Waals surface area contributed by atoms with E-state index in [1.54, 1.807) is 6.92 Å². The second kappa shape index (κ2) is 9.34. The van der Waals surface area contributed by atoms with Crippen molar-refractivity contribution in [2.24, 2.45) is 11.7 Å². The molecule has 0 bridgehead atoms. The molecule has 0 aliphatic heterocycles.